The van der Waals surface area contributed by atoms with Gasteiger partial charge >= 0.3 is 0 Å². The Kier molecular flexibility index (Phi) is 3.85. The summed E-state index contributed by atoms with van der Waals surface area (Å²) in [4.78, 5) is 31.2. The van der Waals surface area contributed by atoms with Gasteiger partial charge < -0.3 is 14.8 Å². The summed E-state index contributed by atoms with van der Waals surface area (Å²) in [5.74, 6) is 2.65. The average Bonchev–Trinajstić information content (AvgIpc) is 3.45. The summed E-state index contributed by atoms with van der Waals surface area (Å²) in [6.07, 6.45) is 5.79. The summed E-state index contributed by atoms with van der Waals surface area (Å²) in [5, 5.41) is 2.99. The van der Waals surface area contributed by atoms with Gasteiger partial charge in [0.25, 0.3) is 0 Å². The van der Waals surface area contributed by atoms with Crippen molar-refractivity contribution in [3.05, 3.63) is 17.7 Å². The molecule has 0 saturated heterocycles. The molecule has 1 aromatic rings. The Hall–Kier alpha value is -1.85. The van der Waals surface area contributed by atoms with Crippen molar-refractivity contribution in [1.29, 1.82) is 0 Å². The molecule has 1 aromatic heterocycles. The standard InChI is InChI=1S/C18H26N4O2/c1-11-7-15(11)18(24)22-6-5-21-10-14(20-17(21)12(22)2)8-16(23)19-9-13-3-4-13/h10-13,15H,3-9H2,1-2H3,(H,19,23). The predicted octanol–water partition coefficient (Wildman–Crippen LogP) is 1.51. The molecule has 2 aliphatic carbocycles. The highest BCUT2D eigenvalue weighted by Crippen LogP contribution is 2.41. The molecule has 1 aliphatic heterocycles. The lowest BCUT2D eigenvalue weighted by molar-refractivity contribution is -0.136. The Morgan fingerprint density at radius 3 is 2.71 bits per heavy atom. The third-order valence-corrected chi connectivity index (χ3v) is 5.62. The molecule has 0 aromatic carbocycles. The van der Waals surface area contributed by atoms with E-state index in [9.17, 15) is 9.59 Å². The number of nitrogens with one attached hydrogen (secondary N) is 1. The van der Waals surface area contributed by atoms with E-state index >= 15 is 0 Å². The lowest BCUT2D eigenvalue weighted by Gasteiger charge is -2.34. The van der Waals surface area contributed by atoms with Gasteiger partial charge in [0.2, 0.25) is 11.8 Å². The van der Waals surface area contributed by atoms with Gasteiger partial charge in [-0.1, -0.05) is 6.92 Å². The number of carbonyl (C=O) groups excluding carboxylic acids is 2. The van der Waals surface area contributed by atoms with E-state index in [-0.39, 0.29) is 23.8 Å². The van der Waals surface area contributed by atoms with Gasteiger partial charge in [-0.25, -0.2) is 4.98 Å². The molecule has 3 atom stereocenters. The van der Waals surface area contributed by atoms with Crippen molar-refractivity contribution >= 4 is 11.8 Å². The number of rotatable bonds is 5. The maximum absolute atomic E-state index is 12.6. The van der Waals surface area contributed by atoms with Crippen molar-refractivity contribution in [2.45, 2.75) is 52.1 Å². The highest BCUT2D eigenvalue weighted by Gasteiger charge is 2.44. The van der Waals surface area contributed by atoms with Crippen LogP contribution >= 0.6 is 0 Å². The summed E-state index contributed by atoms with van der Waals surface area (Å²) in [7, 11) is 0. The van der Waals surface area contributed by atoms with Crippen molar-refractivity contribution < 1.29 is 9.59 Å². The third-order valence-electron chi connectivity index (χ3n) is 5.62. The number of carbonyl (C=O) groups is 2. The molecule has 6 heteroatoms. The van der Waals surface area contributed by atoms with Crippen LogP contribution in [0.3, 0.4) is 0 Å². The minimum absolute atomic E-state index is 0.0117. The van der Waals surface area contributed by atoms with Crippen LogP contribution in [0.1, 0.15) is 50.7 Å². The molecule has 0 bridgehead atoms. The molecule has 2 heterocycles. The van der Waals surface area contributed by atoms with E-state index in [1.807, 2.05) is 18.0 Å². The smallest absolute Gasteiger partial charge is 0.226 e. The second-order valence-electron chi connectivity index (χ2n) is 7.74. The molecule has 3 aliphatic rings. The van der Waals surface area contributed by atoms with Crippen molar-refractivity contribution in [1.82, 2.24) is 19.8 Å². The molecule has 0 radical (unpaired) electrons. The van der Waals surface area contributed by atoms with Gasteiger partial charge in [-0.15, -0.1) is 0 Å². The minimum atomic E-state index is -0.0117. The molecule has 0 spiro atoms. The van der Waals surface area contributed by atoms with Crippen LogP contribution in [-0.4, -0.2) is 39.4 Å². The first-order valence-corrected chi connectivity index (χ1v) is 9.16. The summed E-state index contributed by atoms with van der Waals surface area (Å²) in [5.41, 5.74) is 0.805. The zero-order valence-corrected chi connectivity index (χ0v) is 14.5. The average molecular weight is 330 g/mol. The van der Waals surface area contributed by atoms with E-state index in [0.29, 0.717) is 18.3 Å². The van der Waals surface area contributed by atoms with Gasteiger partial charge in [0.15, 0.2) is 0 Å². The maximum Gasteiger partial charge on any atom is 0.226 e. The van der Waals surface area contributed by atoms with E-state index in [1.54, 1.807) is 0 Å². The van der Waals surface area contributed by atoms with Gasteiger partial charge in [-0.3, -0.25) is 9.59 Å². The fourth-order valence-corrected chi connectivity index (χ4v) is 3.62. The van der Waals surface area contributed by atoms with Crippen molar-refractivity contribution in [3.63, 3.8) is 0 Å². The van der Waals surface area contributed by atoms with Crippen LogP contribution < -0.4 is 5.32 Å². The maximum atomic E-state index is 12.6. The van der Waals surface area contributed by atoms with Crippen LogP contribution in [0.25, 0.3) is 0 Å². The quantitative estimate of drug-likeness (QED) is 0.890. The number of amides is 2. The number of hydrogen-bond acceptors (Lipinski definition) is 3. The predicted molar refractivity (Wildman–Crippen MR) is 89.1 cm³/mol. The Labute approximate surface area is 142 Å². The largest absolute Gasteiger partial charge is 0.355 e. The Morgan fingerprint density at radius 2 is 2.04 bits per heavy atom. The van der Waals surface area contributed by atoms with E-state index in [0.717, 1.165) is 37.6 Å². The van der Waals surface area contributed by atoms with E-state index in [2.05, 4.69) is 21.8 Å². The van der Waals surface area contributed by atoms with Gasteiger partial charge in [0.05, 0.1) is 18.2 Å². The first-order chi connectivity index (χ1) is 11.5. The molecular formula is C18H26N4O2. The van der Waals surface area contributed by atoms with E-state index in [1.165, 1.54) is 12.8 Å². The Morgan fingerprint density at radius 1 is 1.29 bits per heavy atom. The number of aromatic nitrogens is 2. The summed E-state index contributed by atoms with van der Waals surface area (Å²) in [6.45, 7) is 6.48. The molecule has 1 N–H and O–H groups in total. The molecule has 4 rings (SSSR count). The van der Waals surface area contributed by atoms with Crippen molar-refractivity contribution in [2.24, 2.45) is 17.8 Å². The van der Waals surface area contributed by atoms with Crippen LogP contribution in [0.2, 0.25) is 0 Å². The highest BCUT2D eigenvalue weighted by molar-refractivity contribution is 5.82. The van der Waals surface area contributed by atoms with Crippen LogP contribution in [0.5, 0.6) is 0 Å². The molecule has 24 heavy (non-hydrogen) atoms. The normalized spacial score (nSPS) is 28.4. The van der Waals surface area contributed by atoms with Crippen LogP contribution in [0.4, 0.5) is 0 Å². The first-order valence-electron chi connectivity index (χ1n) is 9.16. The van der Waals surface area contributed by atoms with Gasteiger partial charge in [-0.2, -0.15) is 0 Å². The van der Waals surface area contributed by atoms with E-state index in [4.69, 9.17) is 0 Å². The lowest BCUT2D eigenvalue weighted by atomic mass is 10.1. The number of nitrogens with zero attached hydrogens (tertiary/aromatic N) is 3. The summed E-state index contributed by atoms with van der Waals surface area (Å²) < 4.78 is 2.11. The second-order valence-corrected chi connectivity index (χ2v) is 7.74. The molecule has 130 valence electrons. The van der Waals surface area contributed by atoms with Gasteiger partial charge in [0.1, 0.15) is 5.82 Å². The van der Waals surface area contributed by atoms with E-state index < -0.39 is 0 Å². The summed E-state index contributed by atoms with van der Waals surface area (Å²) >= 11 is 0. The highest BCUT2D eigenvalue weighted by atomic mass is 16.2. The van der Waals surface area contributed by atoms with Crippen molar-refractivity contribution in [3.8, 4) is 0 Å². The Balaban J connectivity index is 1.40. The topological polar surface area (TPSA) is 67.2 Å². The Bertz CT molecular complexity index is 664. The molecule has 6 nitrogen and oxygen atoms in total. The van der Waals surface area contributed by atoms with Crippen LogP contribution in [0, 0.1) is 17.8 Å². The monoisotopic (exact) mass is 330 g/mol. The zero-order valence-electron chi connectivity index (χ0n) is 14.5. The van der Waals surface area contributed by atoms with Gasteiger partial charge in [0, 0.05) is 31.7 Å². The lowest BCUT2D eigenvalue weighted by Crippen LogP contribution is -2.42. The third kappa shape index (κ3) is 3.06. The fraction of sp³-hybridized carbons (Fsp3) is 0.722. The van der Waals surface area contributed by atoms with Crippen molar-refractivity contribution in [2.75, 3.05) is 13.1 Å². The number of imidazole rings is 1. The molecule has 2 saturated carbocycles. The number of hydrogen-bond donors (Lipinski definition) is 1. The molecule has 3 unspecified atom stereocenters. The fourth-order valence-electron chi connectivity index (χ4n) is 3.62. The second kappa shape index (κ2) is 5.90. The van der Waals surface area contributed by atoms with Crippen LogP contribution in [0.15, 0.2) is 6.20 Å². The number of fused-ring (bicyclic) bond motifs is 1. The first kappa shape index (κ1) is 15.7. The molecule has 2 fully saturated rings. The molecule has 2 amide bonds. The molecular weight excluding hydrogens is 304 g/mol. The minimum Gasteiger partial charge on any atom is -0.355 e. The van der Waals surface area contributed by atoms with Crippen LogP contribution in [-0.2, 0) is 22.6 Å². The zero-order chi connectivity index (χ0) is 16.8. The summed E-state index contributed by atoms with van der Waals surface area (Å²) in [6, 6.07) is -0.0117. The SMILES string of the molecule is CC1CC1C(=O)N1CCn2cc(CC(=O)NCC3CC3)nc2C1C. The van der Waals surface area contributed by atoms with Gasteiger partial charge in [-0.05, 0) is 38.0 Å².